The molecular formula is C18H19BrF2N2O2S. The molecule has 4 nitrogen and oxygen atoms in total. The first-order chi connectivity index (χ1) is 12.3. The van der Waals surface area contributed by atoms with Crippen molar-refractivity contribution in [1.82, 2.24) is 9.21 Å². The summed E-state index contributed by atoms with van der Waals surface area (Å²) in [4.78, 5) is 2.33. The molecule has 2 aromatic rings. The molecule has 8 heteroatoms. The number of hydrogen-bond acceptors (Lipinski definition) is 3. The van der Waals surface area contributed by atoms with Crippen LogP contribution in [0.1, 0.15) is 18.5 Å². The maximum absolute atomic E-state index is 13.5. The Morgan fingerprint density at radius 2 is 1.69 bits per heavy atom. The predicted octanol–water partition coefficient (Wildman–Crippen LogP) is 3.79. The van der Waals surface area contributed by atoms with Crippen LogP contribution in [0.5, 0.6) is 0 Å². The van der Waals surface area contributed by atoms with Crippen molar-refractivity contribution in [2.24, 2.45) is 0 Å². The highest BCUT2D eigenvalue weighted by Crippen LogP contribution is 2.26. The topological polar surface area (TPSA) is 40.6 Å². The van der Waals surface area contributed by atoms with E-state index in [0.29, 0.717) is 36.2 Å². The van der Waals surface area contributed by atoms with Crippen LogP contribution >= 0.6 is 15.9 Å². The summed E-state index contributed by atoms with van der Waals surface area (Å²) in [5, 5.41) is 0. The SMILES string of the molecule is CC(c1ccc(F)c(F)c1)N1CCN(S(=O)(=O)c2cccc(Br)c2)CC1. The molecular weight excluding hydrogens is 426 g/mol. The van der Waals surface area contributed by atoms with E-state index in [1.165, 1.54) is 10.4 Å². The van der Waals surface area contributed by atoms with E-state index >= 15 is 0 Å². The fourth-order valence-electron chi connectivity index (χ4n) is 3.09. The van der Waals surface area contributed by atoms with Crippen molar-refractivity contribution < 1.29 is 17.2 Å². The molecule has 0 aromatic heterocycles. The van der Waals surface area contributed by atoms with Gasteiger partial charge in [-0.25, -0.2) is 17.2 Å². The average Bonchev–Trinajstić information content (AvgIpc) is 2.63. The van der Waals surface area contributed by atoms with Crippen molar-refractivity contribution >= 4 is 26.0 Å². The third-order valence-electron chi connectivity index (χ3n) is 4.68. The molecule has 2 aromatic carbocycles. The third-order valence-corrected chi connectivity index (χ3v) is 7.07. The van der Waals surface area contributed by atoms with Gasteiger partial charge in [0, 0.05) is 36.7 Å². The first-order valence-electron chi connectivity index (χ1n) is 8.24. The van der Waals surface area contributed by atoms with Crippen LogP contribution in [0.25, 0.3) is 0 Å². The second kappa shape index (κ2) is 7.72. The largest absolute Gasteiger partial charge is 0.294 e. The van der Waals surface area contributed by atoms with Gasteiger partial charge in [0.1, 0.15) is 0 Å². The normalized spacial score (nSPS) is 18.0. The number of hydrogen-bond donors (Lipinski definition) is 0. The lowest BCUT2D eigenvalue weighted by Gasteiger charge is -2.37. The summed E-state index contributed by atoms with van der Waals surface area (Å²) in [6.45, 7) is 3.65. The van der Waals surface area contributed by atoms with Gasteiger partial charge >= 0.3 is 0 Å². The van der Waals surface area contributed by atoms with E-state index in [1.54, 1.807) is 30.3 Å². The molecule has 0 saturated carbocycles. The first kappa shape index (κ1) is 19.4. The summed E-state index contributed by atoms with van der Waals surface area (Å²) in [7, 11) is -3.54. The summed E-state index contributed by atoms with van der Waals surface area (Å²) in [6.07, 6.45) is 0. The van der Waals surface area contributed by atoms with Crippen molar-refractivity contribution in [3.63, 3.8) is 0 Å². The Kier molecular flexibility index (Phi) is 5.76. The lowest BCUT2D eigenvalue weighted by atomic mass is 10.1. The Hall–Kier alpha value is -1.35. The summed E-state index contributed by atoms with van der Waals surface area (Å²) < 4.78 is 54.3. The van der Waals surface area contributed by atoms with Crippen LogP contribution in [0.3, 0.4) is 0 Å². The molecule has 0 aliphatic carbocycles. The minimum Gasteiger partial charge on any atom is -0.294 e. The van der Waals surface area contributed by atoms with Gasteiger partial charge in [-0.1, -0.05) is 28.1 Å². The van der Waals surface area contributed by atoms with Crippen molar-refractivity contribution in [2.75, 3.05) is 26.2 Å². The van der Waals surface area contributed by atoms with Crippen molar-refractivity contribution in [2.45, 2.75) is 17.9 Å². The first-order valence-corrected chi connectivity index (χ1v) is 10.5. The van der Waals surface area contributed by atoms with E-state index < -0.39 is 21.7 Å². The zero-order chi connectivity index (χ0) is 18.9. The predicted molar refractivity (Wildman–Crippen MR) is 99.2 cm³/mol. The average molecular weight is 445 g/mol. The van der Waals surface area contributed by atoms with Crippen LogP contribution < -0.4 is 0 Å². The number of halogens is 3. The standard InChI is InChI=1S/C18H19BrF2N2O2S/c1-13(14-5-6-17(20)18(21)11-14)22-7-9-23(10-8-22)26(24,25)16-4-2-3-15(19)12-16/h2-6,11-13H,7-10H2,1H3. The van der Waals surface area contributed by atoms with E-state index in [-0.39, 0.29) is 10.9 Å². The number of rotatable bonds is 4. The molecule has 0 bridgehead atoms. The summed E-state index contributed by atoms with van der Waals surface area (Å²) in [5.74, 6) is -1.74. The zero-order valence-electron chi connectivity index (χ0n) is 14.2. The molecule has 1 saturated heterocycles. The molecule has 26 heavy (non-hydrogen) atoms. The molecule has 0 amide bonds. The quantitative estimate of drug-likeness (QED) is 0.719. The van der Waals surface area contributed by atoms with Gasteiger partial charge in [0.25, 0.3) is 0 Å². The van der Waals surface area contributed by atoms with E-state index in [1.807, 2.05) is 6.92 Å². The summed E-state index contributed by atoms with van der Waals surface area (Å²) in [5.41, 5.74) is 0.673. The number of nitrogens with zero attached hydrogens (tertiary/aromatic N) is 2. The fraction of sp³-hybridized carbons (Fsp3) is 0.333. The maximum Gasteiger partial charge on any atom is 0.243 e. The maximum atomic E-state index is 13.5. The van der Waals surface area contributed by atoms with Gasteiger partial charge in [-0.3, -0.25) is 4.90 Å². The van der Waals surface area contributed by atoms with Crippen LogP contribution in [-0.2, 0) is 10.0 Å². The Labute approximate surface area is 160 Å². The minimum absolute atomic E-state index is 0.124. The highest BCUT2D eigenvalue weighted by atomic mass is 79.9. The monoisotopic (exact) mass is 444 g/mol. The van der Waals surface area contributed by atoms with Crippen LogP contribution in [-0.4, -0.2) is 43.8 Å². The lowest BCUT2D eigenvalue weighted by molar-refractivity contribution is 0.145. The van der Waals surface area contributed by atoms with Crippen LogP contribution in [0.4, 0.5) is 8.78 Å². The Morgan fingerprint density at radius 1 is 1.00 bits per heavy atom. The van der Waals surface area contributed by atoms with Gasteiger partial charge in [-0.15, -0.1) is 0 Å². The van der Waals surface area contributed by atoms with Gasteiger partial charge in [0.2, 0.25) is 10.0 Å². The highest BCUT2D eigenvalue weighted by molar-refractivity contribution is 9.10. The van der Waals surface area contributed by atoms with Crippen LogP contribution in [0, 0.1) is 11.6 Å². The lowest BCUT2D eigenvalue weighted by Crippen LogP contribution is -2.49. The molecule has 0 radical (unpaired) electrons. The molecule has 1 heterocycles. The highest BCUT2D eigenvalue weighted by Gasteiger charge is 2.30. The van der Waals surface area contributed by atoms with E-state index in [4.69, 9.17) is 0 Å². The molecule has 1 aliphatic rings. The Morgan fingerprint density at radius 3 is 2.31 bits per heavy atom. The number of sulfonamides is 1. The van der Waals surface area contributed by atoms with Gasteiger partial charge in [-0.05, 0) is 42.8 Å². The minimum atomic E-state index is -3.54. The molecule has 0 N–H and O–H groups in total. The van der Waals surface area contributed by atoms with Gasteiger partial charge < -0.3 is 0 Å². The Bertz CT molecular complexity index is 900. The molecule has 0 spiro atoms. The molecule has 1 fully saturated rings. The summed E-state index contributed by atoms with van der Waals surface area (Å²) >= 11 is 3.30. The number of piperazine rings is 1. The fourth-order valence-corrected chi connectivity index (χ4v) is 5.11. The van der Waals surface area contributed by atoms with Crippen LogP contribution in [0.2, 0.25) is 0 Å². The summed E-state index contributed by atoms with van der Waals surface area (Å²) in [6, 6.07) is 10.4. The molecule has 3 rings (SSSR count). The van der Waals surface area contributed by atoms with Crippen molar-refractivity contribution in [1.29, 1.82) is 0 Å². The van der Waals surface area contributed by atoms with Crippen molar-refractivity contribution in [3.05, 3.63) is 64.1 Å². The molecule has 1 aliphatic heterocycles. The smallest absolute Gasteiger partial charge is 0.243 e. The second-order valence-corrected chi connectivity index (χ2v) is 9.10. The molecule has 1 atom stereocenters. The van der Waals surface area contributed by atoms with Crippen LogP contribution in [0.15, 0.2) is 51.8 Å². The zero-order valence-corrected chi connectivity index (χ0v) is 16.6. The second-order valence-electron chi connectivity index (χ2n) is 6.25. The molecule has 140 valence electrons. The number of benzene rings is 2. The van der Waals surface area contributed by atoms with Gasteiger partial charge in [0.05, 0.1) is 4.90 Å². The Balaban J connectivity index is 1.69. The van der Waals surface area contributed by atoms with Gasteiger partial charge in [0.15, 0.2) is 11.6 Å². The third kappa shape index (κ3) is 3.98. The van der Waals surface area contributed by atoms with Crippen molar-refractivity contribution in [3.8, 4) is 0 Å². The van der Waals surface area contributed by atoms with Gasteiger partial charge in [-0.2, -0.15) is 4.31 Å². The van der Waals surface area contributed by atoms with E-state index in [9.17, 15) is 17.2 Å². The molecule has 1 unspecified atom stereocenters. The van der Waals surface area contributed by atoms with E-state index in [0.717, 1.165) is 6.07 Å². The van der Waals surface area contributed by atoms with E-state index in [2.05, 4.69) is 20.8 Å².